The second-order valence-corrected chi connectivity index (χ2v) is 4.52. The first-order chi connectivity index (χ1) is 8.49. The minimum atomic E-state index is -0.215. The topological polar surface area (TPSA) is 64.3 Å². The van der Waals surface area contributed by atoms with Gasteiger partial charge in [0.15, 0.2) is 5.78 Å². The van der Waals surface area contributed by atoms with Gasteiger partial charge in [-0.3, -0.25) is 4.79 Å². The molecule has 0 bridgehead atoms. The maximum Gasteiger partial charge on any atom is 0.179 e. The Morgan fingerprint density at radius 1 is 1.44 bits per heavy atom. The van der Waals surface area contributed by atoms with E-state index in [-0.39, 0.29) is 11.8 Å². The largest absolute Gasteiger partial charge is 0.495 e. The third-order valence-electron chi connectivity index (χ3n) is 3.05. The second kappa shape index (κ2) is 6.40. The number of nitrogens with two attached hydrogens (primary N) is 1. The standard InChI is InChI=1S/C14H22N2O2/c1-5-9(2)16-10(3)14(17)11-6-7-13(18-4)12(15)8-11/h6-10,16H,5,15H2,1-4H3. The molecule has 0 heterocycles. The molecule has 1 aromatic carbocycles. The summed E-state index contributed by atoms with van der Waals surface area (Å²) in [6, 6.07) is 5.23. The van der Waals surface area contributed by atoms with Crippen LogP contribution in [0.15, 0.2) is 18.2 Å². The first-order valence-corrected chi connectivity index (χ1v) is 6.23. The number of carbonyl (C=O) groups excluding carboxylic acids is 1. The zero-order chi connectivity index (χ0) is 13.7. The highest BCUT2D eigenvalue weighted by Gasteiger charge is 2.17. The Morgan fingerprint density at radius 2 is 2.11 bits per heavy atom. The fraction of sp³-hybridized carbons (Fsp3) is 0.500. The molecule has 0 aliphatic heterocycles. The first-order valence-electron chi connectivity index (χ1n) is 6.23. The average molecular weight is 250 g/mol. The SMILES string of the molecule is CCC(C)NC(C)C(=O)c1ccc(OC)c(N)c1. The summed E-state index contributed by atoms with van der Waals surface area (Å²) in [5, 5.41) is 3.25. The van der Waals surface area contributed by atoms with Crippen LogP contribution in [0.25, 0.3) is 0 Å². The van der Waals surface area contributed by atoms with E-state index < -0.39 is 0 Å². The number of hydrogen-bond acceptors (Lipinski definition) is 4. The van der Waals surface area contributed by atoms with E-state index >= 15 is 0 Å². The maximum absolute atomic E-state index is 12.2. The van der Waals surface area contributed by atoms with E-state index in [4.69, 9.17) is 10.5 Å². The maximum atomic E-state index is 12.2. The summed E-state index contributed by atoms with van der Waals surface area (Å²) in [7, 11) is 1.56. The number of ketones is 1. The van der Waals surface area contributed by atoms with Crippen molar-refractivity contribution in [3.63, 3.8) is 0 Å². The van der Waals surface area contributed by atoms with Crippen LogP contribution in [-0.4, -0.2) is 25.0 Å². The number of benzene rings is 1. The van der Waals surface area contributed by atoms with Crippen LogP contribution in [0.3, 0.4) is 0 Å². The Kier molecular flexibility index (Phi) is 5.16. The van der Waals surface area contributed by atoms with Gasteiger partial charge in [-0.2, -0.15) is 0 Å². The van der Waals surface area contributed by atoms with Gasteiger partial charge in [-0.15, -0.1) is 0 Å². The van der Waals surface area contributed by atoms with Crippen molar-refractivity contribution in [3.8, 4) is 5.75 Å². The predicted molar refractivity (Wildman–Crippen MR) is 74.1 cm³/mol. The molecular weight excluding hydrogens is 228 g/mol. The molecule has 0 amide bonds. The zero-order valence-electron chi connectivity index (χ0n) is 11.5. The van der Waals surface area contributed by atoms with Crippen LogP contribution in [0.4, 0.5) is 5.69 Å². The van der Waals surface area contributed by atoms with Crippen LogP contribution in [0.1, 0.15) is 37.6 Å². The van der Waals surface area contributed by atoms with Crippen LogP contribution in [0.5, 0.6) is 5.75 Å². The van der Waals surface area contributed by atoms with Crippen molar-refractivity contribution >= 4 is 11.5 Å². The molecule has 0 spiro atoms. The fourth-order valence-electron chi connectivity index (χ4n) is 1.76. The molecule has 3 N–H and O–H groups in total. The molecule has 1 rings (SSSR count). The Bertz CT molecular complexity index is 418. The number of nitrogens with one attached hydrogen (secondary N) is 1. The summed E-state index contributed by atoms with van der Waals surface area (Å²) in [5.41, 5.74) is 6.89. The highest BCUT2D eigenvalue weighted by Crippen LogP contribution is 2.22. The van der Waals surface area contributed by atoms with Crippen LogP contribution in [-0.2, 0) is 0 Å². The predicted octanol–water partition coefficient (Wildman–Crippen LogP) is 2.24. The van der Waals surface area contributed by atoms with Gasteiger partial charge >= 0.3 is 0 Å². The molecule has 2 unspecified atom stereocenters. The number of rotatable bonds is 6. The molecule has 0 fully saturated rings. The summed E-state index contributed by atoms with van der Waals surface area (Å²) in [6.07, 6.45) is 0.988. The molecule has 18 heavy (non-hydrogen) atoms. The Hall–Kier alpha value is -1.55. The molecule has 0 aliphatic carbocycles. The normalized spacial score (nSPS) is 14.0. The fourth-order valence-corrected chi connectivity index (χ4v) is 1.76. The van der Waals surface area contributed by atoms with Gasteiger partial charge in [0.2, 0.25) is 0 Å². The molecule has 100 valence electrons. The lowest BCUT2D eigenvalue weighted by Crippen LogP contribution is -2.39. The lowest BCUT2D eigenvalue weighted by atomic mass is 10.0. The third kappa shape index (κ3) is 3.47. The quantitative estimate of drug-likeness (QED) is 0.600. The molecule has 0 aromatic heterocycles. The molecule has 0 radical (unpaired) electrons. The molecule has 0 saturated heterocycles. The van der Waals surface area contributed by atoms with Crippen molar-refractivity contribution in [2.75, 3.05) is 12.8 Å². The molecule has 0 saturated carbocycles. The summed E-state index contributed by atoms with van der Waals surface area (Å²) in [6.45, 7) is 6.02. The zero-order valence-corrected chi connectivity index (χ0v) is 11.5. The number of carbonyl (C=O) groups is 1. The van der Waals surface area contributed by atoms with Gasteiger partial charge in [0.25, 0.3) is 0 Å². The Morgan fingerprint density at radius 3 is 2.61 bits per heavy atom. The van der Waals surface area contributed by atoms with E-state index in [2.05, 4.69) is 19.2 Å². The number of anilines is 1. The number of hydrogen-bond donors (Lipinski definition) is 2. The van der Waals surface area contributed by atoms with E-state index in [1.807, 2.05) is 6.92 Å². The summed E-state index contributed by atoms with van der Waals surface area (Å²) in [4.78, 5) is 12.2. The van der Waals surface area contributed by atoms with E-state index in [0.29, 0.717) is 23.0 Å². The van der Waals surface area contributed by atoms with Gasteiger partial charge in [0.05, 0.1) is 18.8 Å². The monoisotopic (exact) mass is 250 g/mol. The van der Waals surface area contributed by atoms with E-state index in [1.54, 1.807) is 25.3 Å². The van der Waals surface area contributed by atoms with E-state index in [9.17, 15) is 4.79 Å². The lowest BCUT2D eigenvalue weighted by Gasteiger charge is -2.18. The van der Waals surface area contributed by atoms with Crippen molar-refractivity contribution in [1.29, 1.82) is 0 Å². The van der Waals surface area contributed by atoms with Crippen LogP contribution in [0, 0.1) is 0 Å². The molecular formula is C14H22N2O2. The van der Waals surface area contributed by atoms with Gasteiger partial charge in [-0.25, -0.2) is 0 Å². The van der Waals surface area contributed by atoms with Crippen LogP contribution in [0.2, 0.25) is 0 Å². The second-order valence-electron chi connectivity index (χ2n) is 4.52. The molecule has 4 nitrogen and oxygen atoms in total. The number of nitrogen functional groups attached to an aromatic ring is 1. The lowest BCUT2D eigenvalue weighted by molar-refractivity contribution is 0.0945. The molecule has 0 aliphatic rings. The van der Waals surface area contributed by atoms with E-state index in [0.717, 1.165) is 6.42 Å². The number of Topliss-reactive ketones (excluding diaryl/α,β-unsaturated/α-hetero) is 1. The minimum Gasteiger partial charge on any atom is -0.495 e. The average Bonchev–Trinajstić information content (AvgIpc) is 2.37. The Labute approximate surface area is 109 Å². The van der Waals surface area contributed by atoms with Gasteiger partial charge in [-0.1, -0.05) is 6.92 Å². The van der Waals surface area contributed by atoms with Gasteiger partial charge < -0.3 is 15.8 Å². The highest BCUT2D eigenvalue weighted by molar-refractivity contribution is 6.00. The molecule has 4 heteroatoms. The molecule has 2 atom stereocenters. The van der Waals surface area contributed by atoms with Crippen molar-refractivity contribution < 1.29 is 9.53 Å². The van der Waals surface area contributed by atoms with Crippen molar-refractivity contribution in [2.45, 2.75) is 39.3 Å². The third-order valence-corrected chi connectivity index (χ3v) is 3.05. The van der Waals surface area contributed by atoms with Crippen molar-refractivity contribution in [3.05, 3.63) is 23.8 Å². The van der Waals surface area contributed by atoms with E-state index in [1.165, 1.54) is 0 Å². The van der Waals surface area contributed by atoms with Crippen molar-refractivity contribution in [2.24, 2.45) is 0 Å². The Balaban J connectivity index is 2.80. The smallest absolute Gasteiger partial charge is 0.179 e. The van der Waals surface area contributed by atoms with Crippen LogP contribution >= 0.6 is 0 Å². The van der Waals surface area contributed by atoms with Crippen LogP contribution < -0.4 is 15.8 Å². The van der Waals surface area contributed by atoms with Gasteiger partial charge in [0, 0.05) is 11.6 Å². The molecule has 1 aromatic rings. The first kappa shape index (κ1) is 14.5. The summed E-state index contributed by atoms with van der Waals surface area (Å²) < 4.78 is 5.07. The van der Waals surface area contributed by atoms with Crippen molar-refractivity contribution in [1.82, 2.24) is 5.32 Å². The number of methoxy groups -OCH3 is 1. The summed E-state index contributed by atoms with van der Waals surface area (Å²) >= 11 is 0. The van der Waals surface area contributed by atoms with Gasteiger partial charge in [0.1, 0.15) is 5.75 Å². The summed E-state index contributed by atoms with van der Waals surface area (Å²) in [5.74, 6) is 0.638. The highest BCUT2D eigenvalue weighted by atomic mass is 16.5. The minimum absolute atomic E-state index is 0.0460. The number of ether oxygens (including phenoxy) is 1. The van der Waals surface area contributed by atoms with Gasteiger partial charge in [-0.05, 0) is 38.5 Å².